The Bertz CT molecular complexity index is 989. The molecule has 1 amide bonds. The van der Waals surface area contributed by atoms with Crippen LogP contribution in [0.2, 0.25) is 0 Å². The normalized spacial score (nSPS) is 15.6. The summed E-state index contributed by atoms with van der Waals surface area (Å²) in [7, 11) is 0.918. The van der Waals surface area contributed by atoms with Gasteiger partial charge < -0.3 is 9.64 Å². The predicted octanol–water partition coefficient (Wildman–Crippen LogP) is 2.27. The average molecular weight is 446 g/mol. The van der Waals surface area contributed by atoms with Gasteiger partial charge in [-0.2, -0.15) is 0 Å². The Labute approximate surface area is 185 Å². The second-order valence-electron chi connectivity index (χ2n) is 7.78. The SMILES string of the molecule is CNS(=O)(=O)c1cc(OC)ccc1CC(=O)N(C)C(Cc1ccccc1)N1CCCC1. The molecular formula is C23H31N3O4S. The Morgan fingerprint density at radius 3 is 2.45 bits per heavy atom. The van der Waals surface area contributed by atoms with Crippen molar-refractivity contribution in [3.8, 4) is 5.75 Å². The van der Waals surface area contributed by atoms with Crippen LogP contribution >= 0.6 is 0 Å². The number of ether oxygens (including phenoxy) is 1. The molecule has 1 aliphatic heterocycles. The van der Waals surface area contributed by atoms with E-state index in [1.54, 1.807) is 17.0 Å². The minimum absolute atomic E-state index is 0.00410. The van der Waals surface area contributed by atoms with Crippen molar-refractivity contribution < 1.29 is 17.9 Å². The summed E-state index contributed by atoms with van der Waals surface area (Å²) in [6.45, 7) is 1.91. The fourth-order valence-electron chi connectivity index (χ4n) is 4.00. The van der Waals surface area contributed by atoms with Crippen molar-refractivity contribution in [2.75, 3.05) is 34.3 Å². The van der Waals surface area contributed by atoms with Gasteiger partial charge in [0.15, 0.2) is 0 Å². The second kappa shape index (κ2) is 10.3. The van der Waals surface area contributed by atoms with E-state index in [-0.39, 0.29) is 23.4 Å². The quantitative estimate of drug-likeness (QED) is 0.641. The summed E-state index contributed by atoms with van der Waals surface area (Å²) < 4.78 is 32.6. The fourth-order valence-corrected chi connectivity index (χ4v) is 4.97. The Hall–Kier alpha value is -2.42. The highest BCUT2D eigenvalue weighted by Crippen LogP contribution is 2.24. The number of hydrogen-bond donors (Lipinski definition) is 1. The lowest BCUT2D eigenvalue weighted by Crippen LogP contribution is -2.49. The third kappa shape index (κ3) is 5.64. The molecule has 0 spiro atoms. The summed E-state index contributed by atoms with van der Waals surface area (Å²) in [6, 6.07) is 14.9. The third-order valence-corrected chi connectivity index (χ3v) is 7.33. The summed E-state index contributed by atoms with van der Waals surface area (Å²) in [5.41, 5.74) is 1.62. The highest BCUT2D eigenvalue weighted by molar-refractivity contribution is 7.89. The highest BCUT2D eigenvalue weighted by atomic mass is 32.2. The molecule has 0 radical (unpaired) electrons. The maximum atomic E-state index is 13.3. The summed E-state index contributed by atoms with van der Waals surface area (Å²) in [4.78, 5) is 17.4. The largest absolute Gasteiger partial charge is 0.497 e. The average Bonchev–Trinajstić information content (AvgIpc) is 3.32. The number of methoxy groups -OCH3 is 1. The summed E-state index contributed by atoms with van der Waals surface area (Å²) in [5, 5.41) is 0. The van der Waals surface area contributed by atoms with Gasteiger partial charge in [0.1, 0.15) is 5.75 Å². The van der Waals surface area contributed by atoms with E-state index in [1.807, 2.05) is 25.2 Å². The van der Waals surface area contributed by atoms with Crippen molar-refractivity contribution >= 4 is 15.9 Å². The predicted molar refractivity (Wildman–Crippen MR) is 120 cm³/mol. The number of likely N-dealkylation sites (tertiary alicyclic amines) is 1. The van der Waals surface area contributed by atoms with Gasteiger partial charge in [0.2, 0.25) is 15.9 Å². The number of rotatable bonds is 9. The first-order valence-corrected chi connectivity index (χ1v) is 12.0. The first kappa shape index (κ1) is 23.2. The fraction of sp³-hybridized carbons (Fsp3) is 0.435. The van der Waals surface area contributed by atoms with Crippen LogP contribution in [0.5, 0.6) is 5.75 Å². The highest BCUT2D eigenvalue weighted by Gasteiger charge is 2.29. The number of nitrogens with zero attached hydrogens (tertiary/aromatic N) is 2. The van der Waals surface area contributed by atoms with E-state index in [0.717, 1.165) is 32.4 Å². The topological polar surface area (TPSA) is 78.9 Å². The van der Waals surface area contributed by atoms with Gasteiger partial charge in [0.25, 0.3) is 0 Å². The number of sulfonamides is 1. The van der Waals surface area contributed by atoms with Crippen LogP contribution in [-0.4, -0.2) is 64.6 Å². The summed E-state index contributed by atoms with van der Waals surface area (Å²) in [5.74, 6) is 0.308. The van der Waals surface area contributed by atoms with E-state index in [4.69, 9.17) is 4.74 Å². The molecule has 0 bridgehead atoms. The molecule has 1 N–H and O–H groups in total. The van der Waals surface area contributed by atoms with Crippen LogP contribution in [0, 0.1) is 0 Å². The van der Waals surface area contributed by atoms with Gasteiger partial charge in [-0.1, -0.05) is 36.4 Å². The molecule has 31 heavy (non-hydrogen) atoms. The van der Waals surface area contributed by atoms with Crippen LogP contribution in [0.4, 0.5) is 0 Å². The van der Waals surface area contributed by atoms with Crippen molar-refractivity contribution in [2.24, 2.45) is 0 Å². The van der Waals surface area contributed by atoms with E-state index in [9.17, 15) is 13.2 Å². The number of nitrogens with one attached hydrogen (secondary N) is 1. The monoisotopic (exact) mass is 445 g/mol. The smallest absolute Gasteiger partial charge is 0.240 e. The van der Waals surface area contributed by atoms with Crippen LogP contribution in [0.3, 0.4) is 0 Å². The van der Waals surface area contributed by atoms with Crippen molar-refractivity contribution in [3.05, 3.63) is 59.7 Å². The molecule has 1 unspecified atom stereocenters. The first-order chi connectivity index (χ1) is 14.9. The number of likely N-dealkylation sites (N-methyl/N-ethyl adjacent to an activating group) is 1. The van der Waals surface area contributed by atoms with Crippen LogP contribution < -0.4 is 9.46 Å². The van der Waals surface area contributed by atoms with Gasteiger partial charge in [-0.15, -0.1) is 0 Å². The molecule has 1 fully saturated rings. The van der Waals surface area contributed by atoms with Gasteiger partial charge in [0.05, 0.1) is 24.6 Å². The second-order valence-corrected chi connectivity index (χ2v) is 9.63. The van der Waals surface area contributed by atoms with Crippen molar-refractivity contribution in [1.29, 1.82) is 0 Å². The van der Waals surface area contributed by atoms with Gasteiger partial charge in [0, 0.05) is 32.6 Å². The van der Waals surface area contributed by atoms with Crippen LogP contribution in [0.25, 0.3) is 0 Å². The standard InChI is InChI=1S/C23H31N3O4S/c1-24-31(28,29)21-17-20(30-3)12-11-19(21)16-23(27)25(2)22(26-13-7-8-14-26)15-18-9-5-4-6-10-18/h4-6,9-12,17,22,24H,7-8,13-16H2,1-3H3. The van der Waals surface area contributed by atoms with Gasteiger partial charge in [-0.05, 0) is 37.1 Å². The van der Waals surface area contributed by atoms with E-state index < -0.39 is 10.0 Å². The zero-order valence-electron chi connectivity index (χ0n) is 18.4. The van der Waals surface area contributed by atoms with E-state index >= 15 is 0 Å². The molecule has 2 aromatic rings. The van der Waals surface area contributed by atoms with Gasteiger partial charge in [-0.3, -0.25) is 9.69 Å². The van der Waals surface area contributed by atoms with E-state index in [1.165, 1.54) is 25.8 Å². The maximum absolute atomic E-state index is 13.3. The zero-order valence-corrected chi connectivity index (χ0v) is 19.2. The third-order valence-electron chi connectivity index (χ3n) is 5.84. The molecule has 7 nitrogen and oxygen atoms in total. The lowest BCUT2D eigenvalue weighted by molar-refractivity contribution is -0.134. The number of hydrogen-bond acceptors (Lipinski definition) is 5. The maximum Gasteiger partial charge on any atom is 0.240 e. The molecule has 2 aromatic carbocycles. The first-order valence-electron chi connectivity index (χ1n) is 10.5. The molecule has 0 aliphatic carbocycles. The molecule has 1 aliphatic rings. The molecule has 3 rings (SSSR count). The summed E-state index contributed by atoms with van der Waals surface area (Å²) >= 11 is 0. The van der Waals surface area contributed by atoms with Crippen molar-refractivity contribution in [2.45, 2.75) is 36.7 Å². The lowest BCUT2D eigenvalue weighted by Gasteiger charge is -2.35. The van der Waals surface area contributed by atoms with E-state index in [2.05, 4.69) is 21.8 Å². The number of carbonyl (C=O) groups excluding carboxylic acids is 1. The minimum Gasteiger partial charge on any atom is -0.497 e. The van der Waals surface area contributed by atoms with Gasteiger partial charge >= 0.3 is 0 Å². The number of benzene rings is 2. The van der Waals surface area contributed by atoms with Crippen LogP contribution in [0.15, 0.2) is 53.4 Å². The molecule has 168 valence electrons. The molecule has 8 heteroatoms. The van der Waals surface area contributed by atoms with E-state index in [0.29, 0.717) is 11.3 Å². The van der Waals surface area contributed by atoms with Gasteiger partial charge in [-0.25, -0.2) is 13.1 Å². The Kier molecular flexibility index (Phi) is 7.69. The Morgan fingerprint density at radius 2 is 1.84 bits per heavy atom. The lowest BCUT2D eigenvalue weighted by atomic mass is 10.1. The van der Waals surface area contributed by atoms with Crippen molar-refractivity contribution in [1.82, 2.24) is 14.5 Å². The Balaban J connectivity index is 1.85. The molecule has 0 saturated carbocycles. The minimum atomic E-state index is -3.73. The van der Waals surface area contributed by atoms with Crippen LogP contribution in [-0.2, 0) is 27.7 Å². The molecule has 1 saturated heterocycles. The summed E-state index contributed by atoms with van der Waals surface area (Å²) in [6.07, 6.45) is 2.90. The molecule has 0 aromatic heterocycles. The molecule has 1 atom stereocenters. The number of amides is 1. The molecular weight excluding hydrogens is 414 g/mol. The Morgan fingerprint density at radius 1 is 1.16 bits per heavy atom. The molecule has 1 heterocycles. The van der Waals surface area contributed by atoms with Crippen LogP contribution in [0.1, 0.15) is 24.0 Å². The van der Waals surface area contributed by atoms with Crippen molar-refractivity contribution in [3.63, 3.8) is 0 Å². The zero-order chi connectivity index (χ0) is 22.4. The number of carbonyl (C=O) groups is 1.